The predicted molar refractivity (Wildman–Crippen MR) is 309 cm³/mol. The van der Waals surface area contributed by atoms with Crippen molar-refractivity contribution < 1.29 is 28.4 Å². The second-order valence-electron chi connectivity index (χ2n) is 26.1. The zero-order valence-electron chi connectivity index (χ0n) is 48.4. The van der Waals surface area contributed by atoms with Gasteiger partial charge >= 0.3 is 0 Å². The summed E-state index contributed by atoms with van der Waals surface area (Å²) in [6.45, 7) is 40.9. The van der Waals surface area contributed by atoms with Crippen molar-refractivity contribution in [1.29, 1.82) is 0 Å². The van der Waals surface area contributed by atoms with Crippen molar-refractivity contribution >= 4 is 64.6 Å². The van der Waals surface area contributed by atoms with E-state index in [1.807, 2.05) is 0 Å². The lowest BCUT2D eigenvalue weighted by molar-refractivity contribution is 0.417. The highest BCUT2D eigenvalue weighted by Crippen LogP contribution is 2.51. The number of methoxy groups -OCH3 is 6. The van der Waals surface area contributed by atoms with Crippen molar-refractivity contribution in [2.45, 2.75) is 157 Å². The standard InChI is InChI=1S/C66H84O6/c1-61(2,3)37-25-43-45-27-38(62(4,5)6)29-47(56(45)68-20)49-31-40(64(10,11)12)33-51(58(49)70-22)53-35-42(66(16,17)18)36-54(60(53)72-24)52-34-41(65(13,14)15)32-50(59(52)71-23)48-30-39(63(7,8)9)28-46(57(48)69-21)44(26-37)55(43)67-19/h25-36H,1-24H3. The molecule has 6 nitrogen and oxygen atoms in total. The quantitative estimate of drug-likeness (QED) is 0.165. The normalized spacial score (nSPS) is 13.0. The van der Waals surface area contributed by atoms with E-state index in [0.29, 0.717) is 0 Å². The van der Waals surface area contributed by atoms with Crippen LogP contribution in [0.25, 0.3) is 64.6 Å². The molecule has 0 aliphatic heterocycles. The van der Waals surface area contributed by atoms with E-state index in [0.717, 1.165) is 133 Å². The number of hydrogen-bond donors (Lipinski definition) is 0. The lowest BCUT2D eigenvalue weighted by Gasteiger charge is -2.26. The number of benzene rings is 6. The fourth-order valence-electron chi connectivity index (χ4n) is 10.1. The maximum absolute atomic E-state index is 6.79. The summed E-state index contributed by atoms with van der Waals surface area (Å²) < 4.78 is 40.8. The predicted octanol–water partition coefficient (Wildman–Crippen LogP) is 18.1. The second-order valence-corrected chi connectivity index (χ2v) is 26.1. The summed E-state index contributed by atoms with van der Waals surface area (Å²) in [7, 11) is 10.7. The Morgan fingerprint density at radius 3 is 0.319 bits per heavy atom. The Bertz CT molecular complexity index is 2650. The first kappa shape index (κ1) is 53.9. The van der Waals surface area contributed by atoms with Crippen molar-refractivity contribution in [2.75, 3.05) is 42.7 Å². The Hall–Kier alpha value is -5.88. The van der Waals surface area contributed by atoms with Gasteiger partial charge in [-0.15, -0.1) is 0 Å². The maximum Gasteiger partial charge on any atom is 0.134 e. The Morgan fingerprint density at radius 2 is 0.264 bits per heavy atom. The van der Waals surface area contributed by atoms with Gasteiger partial charge in [0.15, 0.2) is 0 Å². The first-order valence-electron chi connectivity index (χ1n) is 25.6. The third kappa shape index (κ3) is 9.72. The number of fused-ring (bicyclic) bond motifs is 18. The van der Waals surface area contributed by atoms with Crippen molar-refractivity contribution in [2.24, 2.45) is 0 Å². The van der Waals surface area contributed by atoms with E-state index in [1.54, 1.807) is 42.7 Å². The van der Waals surface area contributed by atoms with Crippen LogP contribution in [-0.2, 0) is 32.5 Å². The molecule has 72 heavy (non-hydrogen) atoms. The zero-order chi connectivity index (χ0) is 53.6. The first-order chi connectivity index (χ1) is 33.2. The molecule has 0 radical (unpaired) electrons. The van der Waals surface area contributed by atoms with Crippen LogP contribution in [-0.4, -0.2) is 42.7 Å². The smallest absolute Gasteiger partial charge is 0.134 e. The molecule has 0 saturated carbocycles. The van der Waals surface area contributed by atoms with E-state index in [-0.39, 0.29) is 32.5 Å². The van der Waals surface area contributed by atoms with E-state index in [4.69, 9.17) is 28.4 Å². The monoisotopic (exact) mass is 973 g/mol. The van der Waals surface area contributed by atoms with Gasteiger partial charge in [-0.3, -0.25) is 0 Å². The molecular formula is C66H84O6. The molecule has 7 aromatic carbocycles. The first-order valence-corrected chi connectivity index (χ1v) is 25.6. The molecule has 0 N–H and O–H groups in total. The van der Waals surface area contributed by atoms with Gasteiger partial charge in [0.2, 0.25) is 0 Å². The summed E-state index contributed by atoms with van der Waals surface area (Å²) in [6, 6.07) is 27.6. The largest absolute Gasteiger partial charge is 0.495 e. The van der Waals surface area contributed by atoms with Crippen LogP contribution in [0.2, 0.25) is 0 Å². The zero-order valence-corrected chi connectivity index (χ0v) is 48.4. The molecule has 0 aliphatic carbocycles. The topological polar surface area (TPSA) is 55.4 Å². The van der Waals surface area contributed by atoms with Crippen molar-refractivity contribution in [3.05, 3.63) is 106 Å². The Balaban J connectivity index is 2.14. The molecular weight excluding hydrogens is 889 g/mol. The molecule has 384 valence electrons. The molecule has 0 heterocycles. The Morgan fingerprint density at radius 1 is 0.181 bits per heavy atom. The third-order valence-corrected chi connectivity index (χ3v) is 14.7. The number of rotatable bonds is 6. The highest BCUT2D eigenvalue weighted by molar-refractivity contribution is 6.15. The highest BCUT2D eigenvalue weighted by atomic mass is 16.5. The van der Waals surface area contributed by atoms with Crippen LogP contribution in [0.4, 0.5) is 0 Å². The summed E-state index contributed by atoms with van der Waals surface area (Å²) in [4.78, 5) is 0. The molecule has 0 saturated heterocycles. The van der Waals surface area contributed by atoms with Crippen LogP contribution in [0.15, 0.2) is 72.8 Å². The van der Waals surface area contributed by atoms with Crippen LogP contribution >= 0.6 is 0 Å². The molecule has 0 spiro atoms. The van der Waals surface area contributed by atoms with E-state index in [9.17, 15) is 0 Å². The van der Waals surface area contributed by atoms with Crippen molar-refractivity contribution in [1.82, 2.24) is 0 Å². The van der Waals surface area contributed by atoms with Gasteiger partial charge in [-0.25, -0.2) is 0 Å². The SMILES string of the molecule is COc1c2cc(C(C)(C)C)cc1c1cc(C(C)(C)C)cc(c1OC)c1cc(C(C)(C)C)cc(c1OC)c1cc(C(C)(C)C)cc(c1OC)c1cc(C(C)(C)C)cc(c1OC)c1cc(C(C)(C)C)cc2c1OC. The molecule has 0 fully saturated rings. The molecule has 0 aromatic heterocycles. The summed E-state index contributed by atoms with van der Waals surface area (Å²) in [6.07, 6.45) is 0. The highest BCUT2D eigenvalue weighted by Gasteiger charge is 2.29. The average Bonchev–Trinajstić information content (AvgIpc) is 3.29. The van der Waals surface area contributed by atoms with Crippen LogP contribution < -0.4 is 28.4 Å². The van der Waals surface area contributed by atoms with Crippen LogP contribution in [0.5, 0.6) is 34.5 Å². The minimum absolute atomic E-state index is 0.266. The molecule has 0 unspecified atom stereocenters. The summed E-state index contributed by atoms with van der Waals surface area (Å²) in [5, 5.41) is 11.0. The van der Waals surface area contributed by atoms with E-state index < -0.39 is 0 Å². The Labute approximate surface area is 431 Å². The van der Waals surface area contributed by atoms with Crippen LogP contribution in [0, 0.1) is 0 Å². The number of ether oxygens (including phenoxy) is 6. The summed E-state index contributed by atoms with van der Waals surface area (Å²) in [5.41, 5.74) is 5.25. The molecule has 6 heteroatoms. The van der Waals surface area contributed by atoms with E-state index in [2.05, 4.69) is 197 Å². The minimum Gasteiger partial charge on any atom is -0.495 e. The van der Waals surface area contributed by atoms with Crippen molar-refractivity contribution in [3.8, 4) is 34.5 Å². The summed E-state index contributed by atoms with van der Waals surface area (Å²) in [5.74, 6) is 4.31. The minimum atomic E-state index is -0.266. The van der Waals surface area contributed by atoms with Gasteiger partial charge in [0.1, 0.15) is 34.5 Å². The van der Waals surface area contributed by atoms with E-state index >= 15 is 0 Å². The fraction of sp³-hybridized carbons (Fsp3) is 0.455. The van der Waals surface area contributed by atoms with Crippen molar-refractivity contribution in [3.63, 3.8) is 0 Å². The Kier molecular flexibility index (Phi) is 13.9. The number of hydrogen-bond acceptors (Lipinski definition) is 6. The van der Waals surface area contributed by atoms with Crippen LogP contribution in [0.1, 0.15) is 158 Å². The van der Waals surface area contributed by atoms with Gasteiger partial charge in [-0.05, 0) is 139 Å². The molecule has 0 amide bonds. The fourth-order valence-corrected chi connectivity index (χ4v) is 10.1. The third-order valence-electron chi connectivity index (χ3n) is 14.7. The molecule has 12 bridgehead atoms. The van der Waals surface area contributed by atoms with Gasteiger partial charge in [0.05, 0.1) is 42.7 Å². The lowest BCUT2D eigenvalue weighted by Crippen LogP contribution is -2.13. The van der Waals surface area contributed by atoms with Gasteiger partial charge in [-0.2, -0.15) is 0 Å². The van der Waals surface area contributed by atoms with Gasteiger partial charge in [0.25, 0.3) is 0 Å². The van der Waals surface area contributed by atoms with Crippen LogP contribution in [0.3, 0.4) is 0 Å². The summed E-state index contributed by atoms with van der Waals surface area (Å²) >= 11 is 0. The molecule has 0 atom stereocenters. The van der Waals surface area contributed by atoms with Gasteiger partial charge in [-0.1, -0.05) is 125 Å². The lowest BCUT2D eigenvalue weighted by atomic mass is 9.81. The van der Waals surface area contributed by atoms with Gasteiger partial charge in [0, 0.05) is 64.6 Å². The molecule has 7 rings (SSSR count). The average molecular weight is 973 g/mol. The molecule has 7 aromatic rings. The van der Waals surface area contributed by atoms with Gasteiger partial charge < -0.3 is 28.4 Å². The molecule has 0 aliphatic rings. The maximum atomic E-state index is 6.79. The van der Waals surface area contributed by atoms with E-state index in [1.165, 1.54) is 0 Å². The second kappa shape index (κ2) is 18.6.